The zero-order valence-corrected chi connectivity index (χ0v) is 7.81. The van der Waals surface area contributed by atoms with Crippen LogP contribution in [0, 0.1) is 17.1 Å². The highest BCUT2D eigenvalue weighted by atomic mass is 19.1. The number of nitriles is 1. The van der Waals surface area contributed by atoms with Crippen molar-refractivity contribution in [2.45, 2.75) is 0 Å². The van der Waals surface area contributed by atoms with Crippen LogP contribution in [0.2, 0.25) is 0 Å². The Balaban J connectivity index is 2.61. The van der Waals surface area contributed by atoms with Crippen LogP contribution < -0.4 is 0 Å². The van der Waals surface area contributed by atoms with E-state index in [0.717, 1.165) is 0 Å². The number of nitrogens with zero attached hydrogens (tertiary/aromatic N) is 2. The van der Waals surface area contributed by atoms with Gasteiger partial charge in [0.1, 0.15) is 11.9 Å². The van der Waals surface area contributed by atoms with Crippen LogP contribution in [0.3, 0.4) is 0 Å². The Bertz CT molecular complexity index is 515. The summed E-state index contributed by atoms with van der Waals surface area (Å²) >= 11 is 0. The molecule has 2 nitrogen and oxygen atoms in total. The van der Waals surface area contributed by atoms with Crippen molar-refractivity contribution in [3.63, 3.8) is 0 Å². The molecule has 0 aliphatic carbocycles. The maximum atomic E-state index is 13.7. The van der Waals surface area contributed by atoms with Crippen molar-refractivity contribution < 1.29 is 4.39 Å². The molecule has 2 aromatic rings. The van der Waals surface area contributed by atoms with Gasteiger partial charge < -0.3 is 0 Å². The summed E-state index contributed by atoms with van der Waals surface area (Å²) in [7, 11) is 0. The van der Waals surface area contributed by atoms with Gasteiger partial charge in [0.2, 0.25) is 0 Å². The monoisotopic (exact) mass is 198 g/mol. The van der Waals surface area contributed by atoms with Gasteiger partial charge in [0.05, 0.1) is 11.3 Å². The molecule has 1 aromatic heterocycles. The Morgan fingerprint density at radius 2 is 2.00 bits per heavy atom. The van der Waals surface area contributed by atoms with E-state index < -0.39 is 5.82 Å². The summed E-state index contributed by atoms with van der Waals surface area (Å²) in [5.74, 6) is -0.515. The van der Waals surface area contributed by atoms with Crippen LogP contribution in [0.15, 0.2) is 42.6 Å². The average molecular weight is 198 g/mol. The Morgan fingerprint density at radius 3 is 2.67 bits per heavy atom. The SMILES string of the molecule is N#Cc1cccc(-c2ccccn2)c1F. The minimum Gasteiger partial charge on any atom is -0.256 e. The van der Waals surface area contributed by atoms with Gasteiger partial charge in [-0.2, -0.15) is 5.26 Å². The number of rotatable bonds is 1. The van der Waals surface area contributed by atoms with Crippen LogP contribution in [-0.2, 0) is 0 Å². The van der Waals surface area contributed by atoms with Crippen LogP contribution >= 0.6 is 0 Å². The lowest BCUT2D eigenvalue weighted by atomic mass is 10.1. The van der Waals surface area contributed by atoms with Crippen LogP contribution in [0.25, 0.3) is 11.3 Å². The van der Waals surface area contributed by atoms with Crippen molar-refractivity contribution in [2.24, 2.45) is 0 Å². The number of halogens is 1. The van der Waals surface area contributed by atoms with Gasteiger partial charge in [-0.3, -0.25) is 4.98 Å². The summed E-state index contributed by atoms with van der Waals surface area (Å²) in [5, 5.41) is 8.68. The first kappa shape index (κ1) is 9.35. The van der Waals surface area contributed by atoms with E-state index in [2.05, 4.69) is 4.98 Å². The van der Waals surface area contributed by atoms with E-state index in [4.69, 9.17) is 5.26 Å². The molecular formula is C12H7FN2. The zero-order chi connectivity index (χ0) is 10.7. The van der Waals surface area contributed by atoms with Gasteiger partial charge in [-0.1, -0.05) is 12.1 Å². The molecule has 0 N–H and O–H groups in total. The first-order valence-electron chi connectivity index (χ1n) is 4.43. The smallest absolute Gasteiger partial charge is 0.150 e. The molecule has 0 aliphatic rings. The molecule has 1 heterocycles. The summed E-state index contributed by atoms with van der Waals surface area (Å²) in [6.07, 6.45) is 1.59. The molecule has 0 saturated heterocycles. The highest BCUT2D eigenvalue weighted by Gasteiger charge is 2.09. The lowest BCUT2D eigenvalue weighted by molar-refractivity contribution is 0.627. The Hall–Kier alpha value is -2.21. The standard InChI is InChI=1S/C12H7FN2/c13-12-9(8-14)4-3-5-10(12)11-6-1-2-7-15-11/h1-7H. The van der Waals surface area contributed by atoms with Crippen LogP contribution in [-0.4, -0.2) is 4.98 Å². The van der Waals surface area contributed by atoms with Crippen LogP contribution in [0.4, 0.5) is 4.39 Å². The summed E-state index contributed by atoms with van der Waals surface area (Å²) in [4.78, 5) is 4.04. The van der Waals surface area contributed by atoms with Crippen molar-refractivity contribution in [1.29, 1.82) is 5.26 Å². The maximum absolute atomic E-state index is 13.7. The van der Waals surface area contributed by atoms with E-state index in [9.17, 15) is 4.39 Å². The van der Waals surface area contributed by atoms with Gasteiger partial charge in [0.25, 0.3) is 0 Å². The highest BCUT2D eigenvalue weighted by molar-refractivity contribution is 5.62. The second-order valence-electron chi connectivity index (χ2n) is 2.99. The van der Waals surface area contributed by atoms with Crippen molar-refractivity contribution in [3.8, 4) is 17.3 Å². The van der Waals surface area contributed by atoms with Crippen molar-refractivity contribution >= 4 is 0 Å². The van der Waals surface area contributed by atoms with Crippen molar-refractivity contribution in [3.05, 3.63) is 54.0 Å². The van der Waals surface area contributed by atoms with E-state index in [1.807, 2.05) is 0 Å². The molecule has 15 heavy (non-hydrogen) atoms. The number of pyridine rings is 1. The fourth-order valence-corrected chi connectivity index (χ4v) is 1.34. The third-order valence-corrected chi connectivity index (χ3v) is 2.06. The third kappa shape index (κ3) is 1.70. The van der Waals surface area contributed by atoms with E-state index in [-0.39, 0.29) is 5.56 Å². The lowest BCUT2D eigenvalue weighted by Gasteiger charge is -2.02. The Labute approximate surface area is 86.6 Å². The number of hydrogen-bond donors (Lipinski definition) is 0. The van der Waals surface area contributed by atoms with Gasteiger partial charge >= 0.3 is 0 Å². The molecule has 1 aromatic carbocycles. The van der Waals surface area contributed by atoms with Gasteiger partial charge in [-0.15, -0.1) is 0 Å². The summed E-state index contributed by atoms with van der Waals surface area (Å²) in [6, 6.07) is 11.7. The fourth-order valence-electron chi connectivity index (χ4n) is 1.34. The molecule has 0 aliphatic heterocycles. The van der Waals surface area contributed by atoms with Gasteiger partial charge in [-0.05, 0) is 24.3 Å². The average Bonchev–Trinajstić information content (AvgIpc) is 2.30. The molecule has 0 fully saturated rings. The third-order valence-electron chi connectivity index (χ3n) is 2.06. The lowest BCUT2D eigenvalue weighted by Crippen LogP contribution is -1.90. The first-order valence-corrected chi connectivity index (χ1v) is 4.43. The summed E-state index contributed by atoms with van der Waals surface area (Å²) in [5.41, 5.74) is 0.930. The van der Waals surface area contributed by atoms with E-state index in [0.29, 0.717) is 11.3 Å². The van der Waals surface area contributed by atoms with E-state index >= 15 is 0 Å². The molecule has 72 valence electrons. The second kappa shape index (κ2) is 3.89. The quantitative estimate of drug-likeness (QED) is 0.706. The van der Waals surface area contributed by atoms with Gasteiger partial charge in [-0.25, -0.2) is 4.39 Å². The number of hydrogen-bond acceptors (Lipinski definition) is 2. The van der Waals surface area contributed by atoms with Crippen LogP contribution in [0.1, 0.15) is 5.56 Å². The second-order valence-corrected chi connectivity index (χ2v) is 2.99. The molecular weight excluding hydrogens is 191 g/mol. The molecule has 0 spiro atoms. The summed E-state index contributed by atoms with van der Waals surface area (Å²) < 4.78 is 13.7. The minimum absolute atomic E-state index is 0.0400. The highest BCUT2D eigenvalue weighted by Crippen LogP contribution is 2.22. The molecule has 3 heteroatoms. The molecule has 0 amide bonds. The van der Waals surface area contributed by atoms with Crippen LogP contribution in [0.5, 0.6) is 0 Å². The Morgan fingerprint density at radius 1 is 1.13 bits per heavy atom. The molecule has 0 unspecified atom stereocenters. The van der Waals surface area contributed by atoms with E-state index in [1.54, 1.807) is 42.6 Å². The fraction of sp³-hybridized carbons (Fsp3) is 0. The molecule has 0 bridgehead atoms. The minimum atomic E-state index is -0.515. The molecule has 0 radical (unpaired) electrons. The topological polar surface area (TPSA) is 36.7 Å². The van der Waals surface area contributed by atoms with Crippen molar-refractivity contribution in [2.75, 3.05) is 0 Å². The van der Waals surface area contributed by atoms with Gasteiger partial charge in [0, 0.05) is 11.8 Å². The van der Waals surface area contributed by atoms with Crippen molar-refractivity contribution in [1.82, 2.24) is 4.98 Å². The normalized spacial score (nSPS) is 9.60. The number of benzene rings is 1. The molecule has 2 rings (SSSR count). The first-order chi connectivity index (χ1) is 7.33. The predicted octanol–water partition coefficient (Wildman–Crippen LogP) is 2.76. The van der Waals surface area contributed by atoms with E-state index in [1.165, 1.54) is 6.07 Å². The maximum Gasteiger partial charge on any atom is 0.150 e. The zero-order valence-electron chi connectivity index (χ0n) is 7.81. The molecule has 0 atom stereocenters. The predicted molar refractivity (Wildman–Crippen MR) is 54.3 cm³/mol. The van der Waals surface area contributed by atoms with Gasteiger partial charge in [0.15, 0.2) is 0 Å². The summed E-state index contributed by atoms with van der Waals surface area (Å²) in [6.45, 7) is 0. The Kier molecular flexibility index (Phi) is 2.42. The number of aromatic nitrogens is 1. The largest absolute Gasteiger partial charge is 0.256 e. The molecule has 0 saturated carbocycles.